The summed E-state index contributed by atoms with van der Waals surface area (Å²) in [6.07, 6.45) is 4.01. The van der Waals surface area contributed by atoms with Gasteiger partial charge in [-0.2, -0.15) is 0 Å². The third-order valence-electron chi connectivity index (χ3n) is 3.33. The standard InChI is InChI=1S/C13H15N3O/c14-9-3-4-10-11(8-15-12(10)7-9)13(17)16-5-1-2-6-16/h3-4,7-8,15H,1-2,5-6,14H2. The normalized spacial score (nSPS) is 15.6. The molecule has 1 saturated heterocycles. The highest BCUT2D eigenvalue weighted by Crippen LogP contribution is 2.23. The number of H-pyrrole nitrogens is 1. The smallest absolute Gasteiger partial charge is 0.256 e. The number of fused-ring (bicyclic) bond motifs is 1. The minimum atomic E-state index is 0.124. The molecule has 3 rings (SSSR count). The van der Waals surface area contributed by atoms with E-state index in [2.05, 4.69) is 4.98 Å². The Labute approximate surface area is 99.4 Å². The van der Waals surface area contributed by atoms with Crippen LogP contribution >= 0.6 is 0 Å². The van der Waals surface area contributed by atoms with Gasteiger partial charge in [0.2, 0.25) is 0 Å². The molecular weight excluding hydrogens is 214 g/mol. The van der Waals surface area contributed by atoms with E-state index in [1.165, 1.54) is 0 Å². The first-order valence-electron chi connectivity index (χ1n) is 5.91. The maximum atomic E-state index is 12.3. The third kappa shape index (κ3) is 1.65. The minimum absolute atomic E-state index is 0.124. The van der Waals surface area contributed by atoms with Crippen LogP contribution in [-0.4, -0.2) is 28.9 Å². The van der Waals surface area contributed by atoms with Crippen LogP contribution in [0.4, 0.5) is 5.69 Å². The fraction of sp³-hybridized carbons (Fsp3) is 0.308. The molecule has 0 spiro atoms. The van der Waals surface area contributed by atoms with Gasteiger partial charge in [0, 0.05) is 35.9 Å². The number of carbonyl (C=O) groups excluding carboxylic acids is 1. The molecular formula is C13H15N3O. The van der Waals surface area contributed by atoms with Crippen molar-refractivity contribution in [2.75, 3.05) is 18.8 Å². The predicted molar refractivity (Wildman–Crippen MR) is 67.8 cm³/mol. The van der Waals surface area contributed by atoms with Crippen LogP contribution in [-0.2, 0) is 0 Å². The van der Waals surface area contributed by atoms with Gasteiger partial charge in [-0.15, -0.1) is 0 Å². The number of nitrogens with two attached hydrogens (primary N) is 1. The summed E-state index contributed by atoms with van der Waals surface area (Å²) in [5.41, 5.74) is 8.10. The number of amides is 1. The van der Waals surface area contributed by atoms with E-state index in [4.69, 9.17) is 5.73 Å². The van der Waals surface area contributed by atoms with Crippen molar-refractivity contribution in [1.82, 2.24) is 9.88 Å². The first kappa shape index (κ1) is 10.2. The summed E-state index contributed by atoms with van der Waals surface area (Å²) in [6, 6.07) is 5.59. The van der Waals surface area contributed by atoms with Gasteiger partial charge >= 0.3 is 0 Å². The minimum Gasteiger partial charge on any atom is -0.399 e. The zero-order valence-electron chi connectivity index (χ0n) is 9.57. The van der Waals surface area contributed by atoms with E-state index < -0.39 is 0 Å². The number of anilines is 1. The Morgan fingerprint density at radius 2 is 2.06 bits per heavy atom. The van der Waals surface area contributed by atoms with Crippen LogP contribution < -0.4 is 5.73 Å². The molecule has 3 N–H and O–H groups in total. The number of nitrogens with one attached hydrogen (secondary N) is 1. The van der Waals surface area contributed by atoms with Crippen molar-refractivity contribution in [3.05, 3.63) is 30.0 Å². The number of hydrogen-bond acceptors (Lipinski definition) is 2. The van der Waals surface area contributed by atoms with Gasteiger partial charge in [0.1, 0.15) is 0 Å². The molecule has 1 aromatic carbocycles. The van der Waals surface area contributed by atoms with E-state index in [0.717, 1.165) is 42.4 Å². The number of rotatable bonds is 1. The molecule has 0 atom stereocenters. The highest BCUT2D eigenvalue weighted by Gasteiger charge is 2.21. The van der Waals surface area contributed by atoms with E-state index in [1.54, 1.807) is 6.20 Å². The number of benzene rings is 1. The molecule has 88 valence electrons. The molecule has 4 nitrogen and oxygen atoms in total. The van der Waals surface area contributed by atoms with Crippen LogP contribution in [0.2, 0.25) is 0 Å². The maximum absolute atomic E-state index is 12.3. The summed E-state index contributed by atoms with van der Waals surface area (Å²) >= 11 is 0. The number of likely N-dealkylation sites (tertiary alicyclic amines) is 1. The number of carbonyl (C=O) groups is 1. The van der Waals surface area contributed by atoms with Gasteiger partial charge in [-0.25, -0.2) is 0 Å². The molecule has 4 heteroatoms. The predicted octanol–water partition coefficient (Wildman–Crippen LogP) is 1.99. The molecule has 2 heterocycles. The van der Waals surface area contributed by atoms with E-state index in [0.29, 0.717) is 5.69 Å². The average molecular weight is 229 g/mol. The van der Waals surface area contributed by atoms with Gasteiger partial charge in [-0.1, -0.05) is 0 Å². The van der Waals surface area contributed by atoms with E-state index in [9.17, 15) is 4.79 Å². The molecule has 1 aliphatic heterocycles. The average Bonchev–Trinajstić information content (AvgIpc) is 2.96. The molecule has 0 unspecified atom stereocenters. The fourth-order valence-electron chi connectivity index (χ4n) is 2.41. The van der Waals surface area contributed by atoms with Crippen molar-refractivity contribution in [3.63, 3.8) is 0 Å². The van der Waals surface area contributed by atoms with Crippen LogP contribution in [0.1, 0.15) is 23.2 Å². The fourth-order valence-corrected chi connectivity index (χ4v) is 2.41. The Kier molecular flexibility index (Phi) is 2.28. The number of aromatic amines is 1. The van der Waals surface area contributed by atoms with Crippen molar-refractivity contribution in [3.8, 4) is 0 Å². The summed E-state index contributed by atoms with van der Waals surface area (Å²) < 4.78 is 0. The van der Waals surface area contributed by atoms with Crippen LogP contribution in [0.15, 0.2) is 24.4 Å². The lowest BCUT2D eigenvalue weighted by molar-refractivity contribution is 0.0795. The first-order chi connectivity index (χ1) is 8.25. The van der Waals surface area contributed by atoms with Crippen LogP contribution in [0.5, 0.6) is 0 Å². The SMILES string of the molecule is Nc1ccc2c(C(=O)N3CCCC3)c[nH]c2c1. The van der Waals surface area contributed by atoms with E-state index in [1.807, 2.05) is 23.1 Å². The zero-order chi connectivity index (χ0) is 11.8. The number of nitrogen functional groups attached to an aromatic ring is 1. The molecule has 1 aromatic heterocycles. The second-order valence-electron chi connectivity index (χ2n) is 4.51. The molecule has 1 aliphatic rings. The number of aromatic nitrogens is 1. The summed E-state index contributed by atoms with van der Waals surface area (Å²) in [5, 5.41) is 0.955. The summed E-state index contributed by atoms with van der Waals surface area (Å²) in [7, 11) is 0. The van der Waals surface area contributed by atoms with Crippen molar-refractivity contribution < 1.29 is 4.79 Å². The van der Waals surface area contributed by atoms with Crippen molar-refractivity contribution in [2.24, 2.45) is 0 Å². The van der Waals surface area contributed by atoms with Gasteiger partial charge in [0.05, 0.1) is 5.56 Å². The Bertz CT molecular complexity index is 567. The summed E-state index contributed by atoms with van der Waals surface area (Å²) in [4.78, 5) is 17.3. The van der Waals surface area contributed by atoms with Gasteiger partial charge in [0.15, 0.2) is 0 Å². The first-order valence-corrected chi connectivity index (χ1v) is 5.91. The summed E-state index contributed by atoms with van der Waals surface area (Å²) in [6.45, 7) is 1.75. The Morgan fingerprint density at radius 3 is 2.82 bits per heavy atom. The monoisotopic (exact) mass is 229 g/mol. The molecule has 0 bridgehead atoms. The lowest BCUT2D eigenvalue weighted by Gasteiger charge is -2.14. The number of nitrogens with zero attached hydrogens (tertiary/aromatic N) is 1. The van der Waals surface area contributed by atoms with Crippen molar-refractivity contribution >= 4 is 22.5 Å². The Balaban J connectivity index is 2.02. The topological polar surface area (TPSA) is 62.1 Å². The number of hydrogen-bond donors (Lipinski definition) is 2. The Morgan fingerprint density at radius 1 is 1.29 bits per heavy atom. The van der Waals surface area contributed by atoms with Crippen molar-refractivity contribution in [1.29, 1.82) is 0 Å². The van der Waals surface area contributed by atoms with Gasteiger partial charge in [-0.3, -0.25) is 4.79 Å². The zero-order valence-corrected chi connectivity index (χ0v) is 9.57. The van der Waals surface area contributed by atoms with Crippen LogP contribution in [0.25, 0.3) is 10.9 Å². The second-order valence-corrected chi connectivity index (χ2v) is 4.51. The highest BCUT2D eigenvalue weighted by molar-refractivity contribution is 6.07. The molecule has 1 fully saturated rings. The quantitative estimate of drug-likeness (QED) is 0.734. The Hall–Kier alpha value is -1.97. The maximum Gasteiger partial charge on any atom is 0.256 e. The third-order valence-corrected chi connectivity index (χ3v) is 3.33. The highest BCUT2D eigenvalue weighted by atomic mass is 16.2. The molecule has 17 heavy (non-hydrogen) atoms. The van der Waals surface area contributed by atoms with E-state index in [-0.39, 0.29) is 5.91 Å². The lowest BCUT2D eigenvalue weighted by Crippen LogP contribution is -2.27. The lowest BCUT2D eigenvalue weighted by atomic mass is 10.1. The van der Waals surface area contributed by atoms with Gasteiger partial charge in [-0.05, 0) is 31.0 Å². The molecule has 0 saturated carbocycles. The summed E-state index contributed by atoms with van der Waals surface area (Å²) in [5.74, 6) is 0.124. The van der Waals surface area contributed by atoms with Gasteiger partial charge in [0.25, 0.3) is 5.91 Å². The molecule has 0 radical (unpaired) electrons. The van der Waals surface area contributed by atoms with Gasteiger partial charge < -0.3 is 15.6 Å². The largest absolute Gasteiger partial charge is 0.399 e. The second kappa shape index (κ2) is 3.80. The molecule has 1 amide bonds. The molecule has 0 aliphatic carbocycles. The van der Waals surface area contributed by atoms with Crippen molar-refractivity contribution in [2.45, 2.75) is 12.8 Å². The van der Waals surface area contributed by atoms with Crippen LogP contribution in [0.3, 0.4) is 0 Å². The van der Waals surface area contributed by atoms with E-state index >= 15 is 0 Å². The van der Waals surface area contributed by atoms with Crippen LogP contribution in [0, 0.1) is 0 Å². The molecule has 2 aromatic rings.